The van der Waals surface area contributed by atoms with Crippen LogP contribution in [0, 0.1) is 64.1 Å². The van der Waals surface area contributed by atoms with Gasteiger partial charge in [-0.3, -0.25) is 0 Å². The first-order chi connectivity index (χ1) is 20.0. The molecule has 0 heterocycles. The molecule has 4 saturated carbocycles. The Morgan fingerprint density at radius 2 is 1.57 bits per heavy atom. The number of ether oxygens (including phenoxy) is 1. The average molecular weight is 585 g/mol. The lowest BCUT2D eigenvalue weighted by molar-refractivity contribution is -0.161. The molecule has 0 radical (unpaired) electrons. The maximum Gasteiger partial charge on any atom is 0.0985 e. The topological polar surface area (TPSA) is 33.3 Å². The summed E-state index contributed by atoms with van der Waals surface area (Å²) in [4.78, 5) is 0. The van der Waals surface area contributed by atoms with Gasteiger partial charge in [-0.2, -0.15) is 0 Å². The Kier molecular flexibility index (Phi) is 12.4. The molecule has 244 valence electrons. The van der Waals surface area contributed by atoms with Crippen LogP contribution in [-0.2, 0) is 4.74 Å². The van der Waals surface area contributed by atoms with Crippen molar-refractivity contribution in [1.29, 1.82) is 0 Å². The fraction of sp³-hybridized carbons (Fsp3) is 0.949. The molecule has 0 aromatic rings. The highest BCUT2D eigenvalue weighted by molar-refractivity contribution is 5.13. The van der Waals surface area contributed by atoms with Gasteiger partial charge in [-0.1, -0.05) is 74.3 Å². The van der Waals surface area contributed by atoms with Crippen molar-refractivity contribution in [2.75, 3.05) is 26.2 Å². The van der Waals surface area contributed by atoms with Gasteiger partial charge in [-0.05, 0) is 148 Å². The molecule has 11 atom stereocenters. The van der Waals surface area contributed by atoms with Gasteiger partial charge in [0.25, 0.3) is 0 Å². The number of nitrogens with one attached hydrogen (secondary N) is 2. The van der Waals surface area contributed by atoms with E-state index in [1.165, 1.54) is 90.0 Å². The van der Waals surface area contributed by atoms with Crippen molar-refractivity contribution in [1.82, 2.24) is 10.6 Å². The third-order valence-corrected chi connectivity index (χ3v) is 13.4. The van der Waals surface area contributed by atoms with E-state index in [1.54, 1.807) is 0 Å². The maximum absolute atomic E-state index is 6.21. The first kappa shape index (κ1) is 34.3. The van der Waals surface area contributed by atoms with Gasteiger partial charge >= 0.3 is 0 Å². The Morgan fingerprint density at radius 1 is 0.857 bits per heavy atom. The number of allylic oxidation sites excluding steroid dienone is 1. The molecule has 0 bridgehead atoms. The third kappa shape index (κ3) is 7.63. The molecule has 0 aliphatic heterocycles. The molecular weight excluding hydrogens is 512 g/mol. The molecule has 42 heavy (non-hydrogen) atoms. The van der Waals surface area contributed by atoms with Crippen LogP contribution in [0.25, 0.3) is 0 Å². The van der Waals surface area contributed by atoms with Gasteiger partial charge in [0.1, 0.15) is 0 Å². The molecular formula is C39H72N2O. The number of hydrogen-bond acceptors (Lipinski definition) is 3. The number of hydrogen-bond donors (Lipinski definition) is 2. The number of rotatable bonds is 16. The molecule has 4 aliphatic carbocycles. The second-order valence-corrected chi connectivity index (χ2v) is 16.9. The summed E-state index contributed by atoms with van der Waals surface area (Å²) < 4.78 is 6.21. The molecule has 0 saturated heterocycles. The van der Waals surface area contributed by atoms with Crippen molar-refractivity contribution in [2.24, 2.45) is 64.1 Å². The van der Waals surface area contributed by atoms with Crippen LogP contribution in [0.3, 0.4) is 0 Å². The van der Waals surface area contributed by atoms with Crippen LogP contribution < -0.4 is 10.6 Å². The largest absolute Gasteiger partial charge is 0.496 e. The van der Waals surface area contributed by atoms with Gasteiger partial charge in [-0.15, -0.1) is 0 Å². The van der Waals surface area contributed by atoms with E-state index in [1.807, 2.05) is 6.92 Å². The molecule has 0 spiro atoms. The van der Waals surface area contributed by atoms with Gasteiger partial charge in [0.05, 0.1) is 11.9 Å². The second-order valence-electron chi connectivity index (χ2n) is 16.9. The average Bonchev–Trinajstić information content (AvgIpc) is 3.18. The van der Waals surface area contributed by atoms with Gasteiger partial charge in [-0.25, -0.2) is 0 Å². The van der Waals surface area contributed by atoms with E-state index >= 15 is 0 Å². The van der Waals surface area contributed by atoms with Crippen molar-refractivity contribution in [2.45, 2.75) is 145 Å². The summed E-state index contributed by atoms with van der Waals surface area (Å²) >= 11 is 0. The second kappa shape index (κ2) is 15.2. The standard InChI is InChI=1S/C39H72N2O/c1-10-20-40-22-23-41-21-12-15-31(14-11-13-27(2)3)36-30(7)26-39(9)34-17-16-32-25-33(42-28(4)5)18-19-38(32,8)37(34)29(6)24-35(36)39/h27,29-37,40-41H,4,10-26H2,1-3,5-9H3. The van der Waals surface area contributed by atoms with Crippen molar-refractivity contribution < 1.29 is 4.74 Å². The molecule has 4 fully saturated rings. The Balaban J connectivity index is 1.45. The van der Waals surface area contributed by atoms with E-state index < -0.39 is 0 Å². The van der Waals surface area contributed by atoms with Crippen LogP contribution in [0.5, 0.6) is 0 Å². The summed E-state index contributed by atoms with van der Waals surface area (Å²) in [5.41, 5.74) is 1.04. The van der Waals surface area contributed by atoms with Crippen LogP contribution in [-0.4, -0.2) is 32.3 Å². The van der Waals surface area contributed by atoms with Crippen LogP contribution >= 0.6 is 0 Å². The Morgan fingerprint density at radius 3 is 2.26 bits per heavy atom. The smallest absolute Gasteiger partial charge is 0.0985 e. The predicted octanol–water partition coefficient (Wildman–Crippen LogP) is 9.87. The SMILES string of the molecule is C=C(C)OC1CCC2(C)C(CCC3C2C(C)CC2C(C(CCCNCCNCCC)CCCC(C)C)C(C)CC23C)C1. The van der Waals surface area contributed by atoms with Crippen molar-refractivity contribution in [3.8, 4) is 0 Å². The monoisotopic (exact) mass is 585 g/mol. The Bertz CT molecular complexity index is 840. The lowest BCUT2D eigenvalue weighted by atomic mass is 9.41. The summed E-state index contributed by atoms with van der Waals surface area (Å²) in [6.07, 6.45) is 18.4. The van der Waals surface area contributed by atoms with E-state index in [2.05, 4.69) is 65.7 Å². The zero-order valence-corrected chi connectivity index (χ0v) is 29.4. The van der Waals surface area contributed by atoms with Crippen LogP contribution in [0.1, 0.15) is 139 Å². The normalized spacial score (nSPS) is 40.3. The molecule has 11 unspecified atom stereocenters. The summed E-state index contributed by atoms with van der Waals surface area (Å²) in [6, 6.07) is 0. The molecule has 4 aliphatic rings. The minimum absolute atomic E-state index is 0.406. The number of fused-ring (bicyclic) bond motifs is 5. The summed E-state index contributed by atoms with van der Waals surface area (Å²) in [5, 5.41) is 7.29. The highest BCUT2D eigenvalue weighted by atomic mass is 16.5. The first-order valence-electron chi connectivity index (χ1n) is 18.7. The molecule has 0 amide bonds. The fourth-order valence-electron chi connectivity index (χ4n) is 11.9. The third-order valence-electron chi connectivity index (χ3n) is 13.4. The zero-order valence-electron chi connectivity index (χ0n) is 29.4. The molecule has 2 N–H and O–H groups in total. The van der Waals surface area contributed by atoms with Crippen molar-refractivity contribution in [3.63, 3.8) is 0 Å². The van der Waals surface area contributed by atoms with Crippen molar-refractivity contribution >= 4 is 0 Å². The Hall–Kier alpha value is -0.540. The van der Waals surface area contributed by atoms with E-state index in [9.17, 15) is 0 Å². The highest BCUT2D eigenvalue weighted by Crippen LogP contribution is 2.71. The van der Waals surface area contributed by atoms with E-state index in [4.69, 9.17) is 4.74 Å². The van der Waals surface area contributed by atoms with Crippen LogP contribution in [0.4, 0.5) is 0 Å². The highest BCUT2D eigenvalue weighted by Gasteiger charge is 2.64. The maximum atomic E-state index is 6.21. The van der Waals surface area contributed by atoms with E-state index in [-0.39, 0.29) is 0 Å². The summed E-state index contributed by atoms with van der Waals surface area (Å²) in [5.74, 6) is 8.92. The van der Waals surface area contributed by atoms with Crippen molar-refractivity contribution in [3.05, 3.63) is 12.3 Å². The first-order valence-corrected chi connectivity index (χ1v) is 18.7. The lowest BCUT2D eigenvalue weighted by Crippen LogP contribution is -2.57. The minimum Gasteiger partial charge on any atom is -0.496 e. The predicted molar refractivity (Wildman–Crippen MR) is 181 cm³/mol. The van der Waals surface area contributed by atoms with Crippen LogP contribution in [0.15, 0.2) is 12.3 Å². The quantitative estimate of drug-likeness (QED) is 0.140. The van der Waals surface area contributed by atoms with Gasteiger partial charge in [0.15, 0.2) is 0 Å². The molecule has 4 rings (SSSR count). The minimum atomic E-state index is 0.406. The molecule has 0 aromatic heterocycles. The molecule has 0 aromatic carbocycles. The van der Waals surface area contributed by atoms with E-state index in [0.717, 1.165) is 78.7 Å². The van der Waals surface area contributed by atoms with Gasteiger partial charge < -0.3 is 15.4 Å². The van der Waals surface area contributed by atoms with Crippen LogP contribution in [0.2, 0.25) is 0 Å². The molecule has 3 nitrogen and oxygen atoms in total. The zero-order chi connectivity index (χ0) is 30.5. The van der Waals surface area contributed by atoms with E-state index in [0.29, 0.717) is 16.9 Å². The van der Waals surface area contributed by atoms with Gasteiger partial charge in [0.2, 0.25) is 0 Å². The molecule has 3 heteroatoms. The van der Waals surface area contributed by atoms with Gasteiger partial charge in [0, 0.05) is 13.1 Å². The lowest BCUT2D eigenvalue weighted by Gasteiger charge is -2.64. The Labute approximate surface area is 262 Å². The summed E-state index contributed by atoms with van der Waals surface area (Å²) in [7, 11) is 0. The summed E-state index contributed by atoms with van der Waals surface area (Å²) in [6.45, 7) is 28.6. The fourth-order valence-corrected chi connectivity index (χ4v) is 11.9.